The molecule has 30 heavy (non-hydrogen) atoms. The van der Waals surface area contributed by atoms with Gasteiger partial charge < -0.3 is 10.2 Å². The maximum Gasteiger partial charge on any atom is 0.250 e. The largest absolute Gasteiger partial charge is 0.366 e. The molecule has 4 rings (SSSR count). The number of halogens is 1. The quantitative estimate of drug-likeness (QED) is 0.635. The minimum absolute atomic E-state index is 0.0958. The molecular formula is C24H30ClN2O2S+. The number of hydrogen-bond acceptors (Lipinski definition) is 3. The fourth-order valence-electron chi connectivity index (χ4n) is 5.00. The van der Waals surface area contributed by atoms with Gasteiger partial charge in [-0.2, -0.15) is 0 Å². The van der Waals surface area contributed by atoms with Crippen molar-refractivity contribution in [3.63, 3.8) is 0 Å². The Morgan fingerprint density at radius 1 is 1.23 bits per heavy atom. The lowest BCUT2D eigenvalue weighted by molar-refractivity contribution is -0.950. The van der Waals surface area contributed by atoms with E-state index in [-0.39, 0.29) is 12.2 Å². The highest BCUT2D eigenvalue weighted by molar-refractivity contribution is 7.12. The van der Waals surface area contributed by atoms with E-state index in [9.17, 15) is 9.59 Å². The Morgan fingerprint density at radius 3 is 2.53 bits per heavy atom. The summed E-state index contributed by atoms with van der Waals surface area (Å²) in [6, 6.07) is 7.97. The lowest BCUT2D eigenvalue weighted by Crippen LogP contribution is -2.57. The molecule has 2 N–H and O–H groups in total. The molecule has 2 atom stereocenters. The minimum Gasteiger partial charge on any atom is -0.366 e. The number of nitrogens with two attached hydrogens (primary N) is 1. The van der Waals surface area contributed by atoms with Crippen LogP contribution in [0.1, 0.15) is 57.4 Å². The van der Waals surface area contributed by atoms with Gasteiger partial charge in [0.05, 0.1) is 30.1 Å². The Morgan fingerprint density at radius 2 is 1.93 bits per heavy atom. The van der Waals surface area contributed by atoms with Gasteiger partial charge in [0.2, 0.25) is 5.91 Å². The maximum atomic E-state index is 12.7. The highest BCUT2D eigenvalue weighted by atomic mass is 35.5. The van der Waals surface area contributed by atoms with E-state index in [1.165, 1.54) is 24.1 Å². The Hall–Kier alpha value is -1.69. The first kappa shape index (κ1) is 21.5. The Kier molecular flexibility index (Phi) is 6.06. The van der Waals surface area contributed by atoms with Gasteiger partial charge in [-0.1, -0.05) is 30.2 Å². The molecule has 0 saturated heterocycles. The number of nitrogens with zero attached hydrogens (tertiary/aromatic N) is 1. The van der Waals surface area contributed by atoms with Crippen LogP contribution in [0.15, 0.2) is 24.3 Å². The predicted molar refractivity (Wildman–Crippen MR) is 122 cm³/mol. The summed E-state index contributed by atoms with van der Waals surface area (Å²) in [6.45, 7) is 4.34. The number of ketones is 1. The van der Waals surface area contributed by atoms with Crippen LogP contribution in [0.3, 0.4) is 0 Å². The fourth-order valence-corrected chi connectivity index (χ4v) is 6.67. The summed E-state index contributed by atoms with van der Waals surface area (Å²) in [5.74, 6) is 0.510. The molecule has 1 aromatic heterocycles. The molecule has 1 aliphatic heterocycles. The van der Waals surface area contributed by atoms with Gasteiger partial charge in [-0.3, -0.25) is 9.59 Å². The van der Waals surface area contributed by atoms with E-state index in [1.54, 1.807) is 23.5 Å². The van der Waals surface area contributed by atoms with Crippen molar-refractivity contribution >= 4 is 34.6 Å². The molecule has 6 heteroatoms. The van der Waals surface area contributed by atoms with Crippen LogP contribution >= 0.6 is 22.9 Å². The molecule has 1 fully saturated rings. The van der Waals surface area contributed by atoms with Crippen molar-refractivity contribution in [1.82, 2.24) is 0 Å². The van der Waals surface area contributed by atoms with E-state index in [4.69, 9.17) is 17.3 Å². The number of Topliss-reactive ketones (excluding diaryl/α,β-unsaturated/α-hetero) is 1. The lowest BCUT2D eigenvalue weighted by Gasteiger charge is -2.47. The molecule has 1 amide bonds. The zero-order valence-corrected chi connectivity index (χ0v) is 19.3. The number of hydrogen-bond donors (Lipinski definition) is 1. The van der Waals surface area contributed by atoms with Crippen molar-refractivity contribution < 1.29 is 14.1 Å². The molecule has 4 nitrogen and oxygen atoms in total. The topological polar surface area (TPSA) is 60.2 Å². The van der Waals surface area contributed by atoms with Gasteiger partial charge >= 0.3 is 0 Å². The second-order valence-electron chi connectivity index (χ2n) is 9.23. The number of rotatable bonds is 7. The van der Waals surface area contributed by atoms with Crippen LogP contribution < -0.4 is 5.73 Å². The second-order valence-corrected chi connectivity index (χ2v) is 10.9. The number of amides is 1. The van der Waals surface area contributed by atoms with Gasteiger partial charge in [0.15, 0.2) is 0 Å². The number of likely N-dealkylation sites (N-methyl/N-ethyl adjacent to an activating group) is 1. The van der Waals surface area contributed by atoms with Crippen molar-refractivity contribution in [2.24, 2.45) is 11.7 Å². The van der Waals surface area contributed by atoms with Gasteiger partial charge in [0, 0.05) is 35.1 Å². The molecule has 2 aromatic rings. The second kappa shape index (κ2) is 8.45. The molecule has 2 unspecified atom stereocenters. The van der Waals surface area contributed by atoms with E-state index in [1.807, 2.05) is 12.1 Å². The van der Waals surface area contributed by atoms with Crippen molar-refractivity contribution in [2.45, 2.75) is 58.0 Å². The van der Waals surface area contributed by atoms with E-state index in [0.717, 1.165) is 45.9 Å². The van der Waals surface area contributed by atoms with Gasteiger partial charge in [-0.05, 0) is 43.0 Å². The molecule has 1 saturated carbocycles. The number of fused-ring (bicyclic) bond motifs is 1. The highest BCUT2D eigenvalue weighted by Crippen LogP contribution is 2.41. The summed E-state index contributed by atoms with van der Waals surface area (Å²) in [5.41, 5.74) is 8.41. The van der Waals surface area contributed by atoms with E-state index >= 15 is 0 Å². The first-order chi connectivity index (χ1) is 14.3. The summed E-state index contributed by atoms with van der Waals surface area (Å²) in [7, 11) is 2.35. The maximum absolute atomic E-state index is 12.7. The minimum atomic E-state index is -0.398. The molecule has 160 valence electrons. The zero-order valence-electron chi connectivity index (χ0n) is 17.7. The number of quaternary nitrogens is 1. The van der Waals surface area contributed by atoms with Crippen molar-refractivity contribution in [3.8, 4) is 0 Å². The average Bonchev–Trinajstić information content (AvgIpc) is 2.98. The number of carbonyl (C=O) groups is 2. The van der Waals surface area contributed by atoms with Gasteiger partial charge in [-0.25, -0.2) is 0 Å². The molecular weight excluding hydrogens is 416 g/mol. The monoisotopic (exact) mass is 445 g/mol. The van der Waals surface area contributed by atoms with Crippen LogP contribution in [-0.2, 0) is 30.6 Å². The standard InChI is InChI=1S/C24H29ClN2O2S/c1-15(17-4-3-5-17)27(2)11-10-20-22(14-27)30-21(23(20)24(26)29)13-19(28)12-16-6-8-18(25)9-7-16/h6-9,15,17H,3-5,10-14H2,1-2H3,(H-,26,29)/p+1. The SMILES string of the molecule is CC(C1CCC1)[N+]1(C)CCc2c(sc(CC(=O)Cc3ccc(Cl)cc3)c2C(N)=O)C1. The number of primary amides is 1. The Labute approximate surface area is 187 Å². The summed E-state index contributed by atoms with van der Waals surface area (Å²) in [6.07, 6.45) is 5.49. The van der Waals surface area contributed by atoms with Crippen LogP contribution in [0.25, 0.3) is 0 Å². The van der Waals surface area contributed by atoms with Crippen LogP contribution in [-0.4, -0.2) is 35.8 Å². The van der Waals surface area contributed by atoms with Crippen molar-refractivity contribution in [3.05, 3.63) is 55.7 Å². The Balaban J connectivity index is 1.54. The number of benzene rings is 1. The normalized spacial score (nSPS) is 22.2. The Bertz CT molecular complexity index is 964. The zero-order chi connectivity index (χ0) is 21.5. The van der Waals surface area contributed by atoms with Crippen LogP contribution in [0, 0.1) is 5.92 Å². The molecule has 0 radical (unpaired) electrons. The summed E-state index contributed by atoms with van der Waals surface area (Å²) >= 11 is 7.56. The van der Waals surface area contributed by atoms with Gasteiger partial charge in [0.1, 0.15) is 12.3 Å². The smallest absolute Gasteiger partial charge is 0.250 e. The lowest BCUT2D eigenvalue weighted by atomic mass is 9.78. The van der Waals surface area contributed by atoms with Crippen molar-refractivity contribution in [1.29, 1.82) is 0 Å². The first-order valence-corrected chi connectivity index (χ1v) is 12.0. The third kappa shape index (κ3) is 4.20. The highest BCUT2D eigenvalue weighted by Gasteiger charge is 2.42. The molecule has 0 spiro atoms. The summed E-state index contributed by atoms with van der Waals surface area (Å²) in [5, 5.41) is 0.658. The summed E-state index contributed by atoms with van der Waals surface area (Å²) in [4.78, 5) is 27.1. The molecule has 1 aliphatic carbocycles. The predicted octanol–water partition coefficient (Wildman–Crippen LogP) is 4.55. The van der Waals surface area contributed by atoms with Crippen LogP contribution in [0.2, 0.25) is 5.02 Å². The van der Waals surface area contributed by atoms with Gasteiger partial charge in [0.25, 0.3) is 0 Å². The molecule has 1 aromatic carbocycles. The van der Waals surface area contributed by atoms with E-state index in [2.05, 4.69) is 14.0 Å². The number of thiophene rings is 1. The van der Waals surface area contributed by atoms with Crippen molar-refractivity contribution in [2.75, 3.05) is 13.6 Å². The fraction of sp³-hybridized carbons (Fsp3) is 0.500. The number of carbonyl (C=O) groups excluding carboxylic acids is 2. The van der Waals surface area contributed by atoms with Gasteiger partial charge in [-0.15, -0.1) is 11.3 Å². The average molecular weight is 446 g/mol. The van der Waals surface area contributed by atoms with Crippen LogP contribution in [0.4, 0.5) is 0 Å². The molecule has 0 bridgehead atoms. The molecule has 2 aliphatic rings. The van der Waals surface area contributed by atoms with E-state index in [0.29, 0.717) is 23.0 Å². The third-order valence-electron chi connectivity index (χ3n) is 7.28. The first-order valence-electron chi connectivity index (χ1n) is 10.8. The van der Waals surface area contributed by atoms with Crippen LogP contribution in [0.5, 0.6) is 0 Å². The van der Waals surface area contributed by atoms with E-state index < -0.39 is 5.91 Å². The third-order valence-corrected chi connectivity index (χ3v) is 8.74. The molecule has 2 heterocycles. The summed E-state index contributed by atoms with van der Waals surface area (Å²) < 4.78 is 1.02.